The molecule has 0 unspecified atom stereocenters. The van der Waals surface area contributed by atoms with Crippen LogP contribution in [-0.4, -0.2) is 35.7 Å². The number of amides is 2. The lowest BCUT2D eigenvalue weighted by atomic mass is 9.82. The van der Waals surface area contributed by atoms with Gasteiger partial charge < -0.3 is 5.32 Å². The first kappa shape index (κ1) is 18.8. The molecule has 0 spiro atoms. The molecule has 1 aliphatic carbocycles. The first-order valence-electron chi connectivity index (χ1n) is 8.23. The maximum atomic E-state index is 13.3. The number of nitriles is 1. The van der Waals surface area contributed by atoms with Crippen molar-refractivity contribution in [3.05, 3.63) is 35.9 Å². The van der Waals surface area contributed by atoms with Crippen LogP contribution in [0.2, 0.25) is 0 Å². The number of alkyl halides is 2. The van der Waals surface area contributed by atoms with Gasteiger partial charge in [0.05, 0.1) is 0 Å². The van der Waals surface area contributed by atoms with Gasteiger partial charge in [0.1, 0.15) is 6.04 Å². The summed E-state index contributed by atoms with van der Waals surface area (Å²) in [5.74, 6) is -3.69. The van der Waals surface area contributed by atoms with Crippen molar-refractivity contribution in [3.8, 4) is 6.19 Å². The summed E-state index contributed by atoms with van der Waals surface area (Å²) in [6.45, 7) is 0. The van der Waals surface area contributed by atoms with Crippen LogP contribution >= 0.6 is 0 Å². The molecular formula is C18H21F2N3O2. The van der Waals surface area contributed by atoms with E-state index >= 15 is 0 Å². The number of hydrogen-bond acceptors (Lipinski definition) is 3. The third-order valence-electron chi connectivity index (χ3n) is 4.53. The molecule has 0 aliphatic heterocycles. The second kappa shape index (κ2) is 8.06. The van der Waals surface area contributed by atoms with E-state index in [1.807, 2.05) is 0 Å². The second-order valence-electron chi connectivity index (χ2n) is 6.42. The molecule has 7 heteroatoms. The van der Waals surface area contributed by atoms with Gasteiger partial charge in [0.25, 0.3) is 11.8 Å². The number of carbonyl (C=O) groups excluding carboxylic acids is 2. The lowest BCUT2D eigenvalue weighted by Gasteiger charge is -2.31. The zero-order valence-electron chi connectivity index (χ0n) is 14.0. The van der Waals surface area contributed by atoms with E-state index in [9.17, 15) is 18.4 Å². The Kier molecular flexibility index (Phi) is 6.07. The minimum absolute atomic E-state index is 0.0864. The van der Waals surface area contributed by atoms with Crippen LogP contribution < -0.4 is 5.32 Å². The van der Waals surface area contributed by atoms with E-state index < -0.39 is 23.8 Å². The van der Waals surface area contributed by atoms with Gasteiger partial charge in [-0.1, -0.05) is 18.2 Å². The van der Waals surface area contributed by atoms with Gasteiger partial charge in [0.2, 0.25) is 5.92 Å². The summed E-state index contributed by atoms with van der Waals surface area (Å²) < 4.78 is 26.6. The third kappa shape index (κ3) is 5.24. The van der Waals surface area contributed by atoms with Crippen LogP contribution in [0.1, 0.15) is 42.5 Å². The molecule has 0 bridgehead atoms. The number of carbonyl (C=O) groups is 2. The molecule has 5 nitrogen and oxygen atoms in total. The van der Waals surface area contributed by atoms with Crippen LogP contribution in [0, 0.1) is 17.4 Å². The van der Waals surface area contributed by atoms with Gasteiger partial charge in [-0.3, -0.25) is 14.5 Å². The lowest BCUT2D eigenvalue weighted by Crippen LogP contribution is -2.47. The number of rotatable bonds is 5. The summed E-state index contributed by atoms with van der Waals surface area (Å²) in [4.78, 5) is 25.6. The normalized spacial score (nSPS) is 18.0. The Morgan fingerprint density at radius 2 is 1.92 bits per heavy atom. The molecule has 134 valence electrons. The van der Waals surface area contributed by atoms with E-state index in [2.05, 4.69) is 5.32 Å². The van der Waals surface area contributed by atoms with Crippen LogP contribution in [0.4, 0.5) is 8.78 Å². The summed E-state index contributed by atoms with van der Waals surface area (Å²) in [5, 5.41) is 11.6. The molecule has 0 aromatic heterocycles. The molecule has 1 N–H and O–H groups in total. The number of nitrogens with one attached hydrogen (secondary N) is 1. The maximum absolute atomic E-state index is 13.3. The molecule has 1 atom stereocenters. The summed E-state index contributed by atoms with van der Waals surface area (Å²) in [7, 11) is 1.32. The quantitative estimate of drug-likeness (QED) is 0.656. The highest BCUT2D eigenvalue weighted by molar-refractivity contribution is 5.97. The molecule has 1 fully saturated rings. The summed E-state index contributed by atoms with van der Waals surface area (Å²) in [6, 6.07) is 7.50. The van der Waals surface area contributed by atoms with Gasteiger partial charge in [-0.2, -0.15) is 5.26 Å². The van der Waals surface area contributed by atoms with E-state index in [0.717, 1.165) is 4.90 Å². The number of nitrogens with zero attached hydrogens (tertiary/aromatic N) is 2. The fraction of sp³-hybridized carbons (Fsp3) is 0.500. The molecule has 2 amide bonds. The number of benzene rings is 1. The average Bonchev–Trinajstić information content (AvgIpc) is 2.62. The van der Waals surface area contributed by atoms with Crippen LogP contribution in [0.15, 0.2) is 30.3 Å². The summed E-state index contributed by atoms with van der Waals surface area (Å²) in [6.07, 6.45) is 2.15. The Balaban J connectivity index is 2.07. The smallest absolute Gasteiger partial charge is 0.257 e. The molecule has 1 aromatic carbocycles. The van der Waals surface area contributed by atoms with Crippen molar-refractivity contribution < 1.29 is 18.4 Å². The zero-order chi connectivity index (χ0) is 18.4. The van der Waals surface area contributed by atoms with Crippen molar-refractivity contribution in [3.63, 3.8) is 0 Å². The average molecular weight is 349 g/mol. The predicted molar refractivity (Wildman–Crippen MR) is 87.6 cm³/mol. The van der Waals surface area contributed by atoms with Crippen molar-refractivity contribution in [2.45, 2.75) is 44.1 Å². The molecule has 0 heterocycles. The van der Waals surface area contributed by atoms with Crippen molar-refractivity contribution in [1.82, 2.24) is 10.2 Å². The van der Waals surface area contributed by atoms with Crippen LogP contribution in [0.3, 0.4) is 0 Å². The molecule has 1 aromatic rings. The molecule has 0 radical (unpaired) electrons. The monoisotopic (exact) mass is 349 g/mol. The van der Waals surface area contributed by atoms with Crippen LogP contribution in [0.25, 0.3) is 0 Å². The van der Waals surface area contributed by atoms with Crippen molar-refractivity contribution in [2.75, 3.05) is 7.05 Å². The van der Waals surface area contributed by atoms with Gasteiger partial charge in [-0.15, -0.1) is 0 Å². The summed E-state index contributed by atoms with van der Waals surface area (Å²) >= 11 is 0. The van der Waals surface area contributed by atoms with Crippen LogP contribution in [-0.2, 0) is 4.79 Å². The topological polar surface area (TPSA) is 73.2 Å². The number of halogens is 2. The zero-order valence-corrected chi connectivity index (χ0v) is 14.0. The second-order valence-corrected chi connectivity index (χ2v) is 6.42. The SMILES string of the molecule is CN(C#N)C(=O)[C@H](CC1CCC(F)(F)CC1)NC(=O)c1ccccc1. The molecule has 25 heavy (non-hydrogen) atoms. The highest BCUT2D eigenvalue weighted by Crippen LogP contribution is 2.37. The Labute approximate surface area is 145 Å². The van der Waals surface area contributed by atoms with Gasteiger partial charge >= 0.3 is 0 Å². The lowest BCUT2D eigenvalue weighted by molar-refractivity contribution is -0.129. The molecule has 1 aliphatic rings. The van der Waals surface area contributed by atoms with E-state index in [0.29, 0.717) is 18.4 Å². The first-order chi connectivity index (χ1) is 11.8. The molecule has 0 saturated heterocycles. The predicted octanol–water partition coefficient (Wildman–Crippen LogP) is 2.94. The standard InChI is InChI=1S/C18H21F2N3O2/c1-23(12-21)17(25)15(11-13-7-9-18(19,20)10-8-13)22-16(24)14-5-3-2-4-6-14/h2-6,13,15H,7-11H2,1H3,(H,22,24)/t15-/m0/s1. The third-order valence-corrected chi connectivity index (χ3v) is 4.53. The largest absolute Gasteiger partial charge is 0.340 e. The minimum atomic E-state index is -2.65. The van der Waals surface area contributed by atoms with E-state index in [1.165, 1.54) is 7.05 Å². The Bertz CT molecular complexity index is 648. The van der Waals surface area contributed by atoms with Crippen molar-refractivity contribution in [1.29, 1.82) is 5.26 Å². The van der Waals surface area contributed by atoms with Gasteiger partial charge in [-0.25, -0.2) is 8.78 Å². The van der Waals surface area contributed by atoms with Gasteiger partial charge in [0.15, 0.2) is 6.19 Å². The van der Waals surface area contributed by atoms with Crippen molar-refractivity contribution >= 4 is 11.8 Å². The number of hydrogen-bond donors (Lipinski definition) is 1. The number of likely N-dealkylation sites (N-methyl/N-ethyl adjacent to an activating group) is 1. The molecule has 2 rings (SSSR count). The van der Waals surface area contributed by atoms with E-state index in [1.54, 1.807) is 36.5 Å². The van der Waals surface area contributed by atoms with Crippen molar-refractivity contribution in [2.24, 2.45) is 5.92 Å². The maximum Gasteiger partial charge on any atom is 0.257 e. The highest BCUT2D eigenvalue weighted by atomic mass is 19.3. The van der Waals surface area contributed by atoms with E-state index in [4.69, 9.17) is 5.26 Å². The summed E-state index contributed by atoms with van der Waals surface area (Å²) in [5.41, 5.74) is 0.398. The highest BCUT2D eigenvalue weighted by Gasteiger charge is 2.37. The Morgan fingerprint density at radius 1 is 1.32 bits per heavy atom. The fourth-order valence-electron chi connectivity index (χ4n) is 3.00. The Morgan fingerprint density at radius 3 is 2.48 bits per heavy atom. The van der Waals surface area contributed by atoms with Gasteiger partial charge in [-0.05, 0) is 37.3 Å². The molecular weight excluding hydrogens is 328 g/mol. The Hall–Kier alpha value is -2.49. The van der Waals surface area contributed by atoms with Crippen LogP contribution in [0.5, 0.6) is 0 Å². The van der Waals surface area contributed by atoms with E-state index in [-0.39, 0.29) is 25.2 Å². The minimum Gasteiger partial charge on any atom is -0.340 e. The fourth-order valence-corrected chi connectivity index (χ4v) is 3.00. The first-order valence-corrected chi connectivity index (χ1v) is 8.23. The van der Waals surface area contributed by atoms with Gasteiger partial charge in [0, 0.05) is 25.5 Å². The molecule has 1 saturated carbocycles.